The molecule has 0 spiro atoms. The maximum Gasteiger partial charge on any atom is 0.0962 e. The van der Waals surface area contributed by atoms with Crippen molar-refractivity contribution in [2.24, 2.45) is 0 Å². The first kappa shape index (κ1) is 17.7. The number of nitrogens with zero attached hydrogens (tertiary/aromatic N) is 1. The lowest BCUT2D eigenvalue weighted by atomic mass is 9.86. The van der Waals surface area contributed by atoms with Gasteiger partial charge in [-0.2, -0.15) is 0 Å². The second-order valence-corrected chi connectivity index (χ2v) is 5.89. The quantitative estimate of drug-likeness (QED) is 0.689. The molecule has 2 aromatic rings. The summed E-state index contributed by atoms with van der Waals surface area (Å²) in [5.74, 6) is 0.718. The van der Waals surface area contributed by atoms with Crippen LogP contribution in [-0.4, -0.2) is 4.98 Å². The van der Waals surface area contributed by atoms with Crippen LogP contribution in [0.2, 0.25) is 0 Å². The molecular formula is C18H28N2S. The molecule has 1 aromatic carbocycles. The number of hydrogen-bond acceptors (Lipinski definition) is 3. The molecule has 0 atom stereocenters. The van der Waals surface area contributed by atoms with Crippen molar-refractivity contribution in [1.29, 1.82) is 0 Å². The van der Waals surface area contributed by atoms with E-state index in [4.69, 9.17) is 5.73 Å². The fraction of sp³-hybridized carbons (Fsp3) is 0.500. The zero-order chi connectivity index (χ0) is 15.8. The number of rotatable bonds is 2. The first-order chi connectivity index (χ1) is 10.2. The Morgan fingerprint density at radius 3 is 2.29 bits per heavy atom. The molecule has 1 aliphatic rings. The van der Waals surface area contributed by atoms with Crippen LogP contribution < -0.4 is 5.73 Å². The summed E-state index contributed by atoms with van der Waals surface area (Å²) < 4.78 is 0. The van der Waals surface area contributed by atoms with Crippen molar-refractivity contribution >= 4 is 17.0 Å². The maximum atomic E-state index is 5.88. The number of nitrogen functional groups attached to an aromatic ring is 1. The van der Waals surface area contributed by atoms with Gasteiger partial charge in [0, 0.05) is 17.8 Å². The average Bonchev–Trinajstić information content (AvgIpc) is 2.90. The molecule has 0 aliphatic heterocycles. The van der Waals surface area contributed by atoms with Gasteiger partial charge in [-0.25, -0.2) is 4.98 Å². The van der Waals surface area contributed by atoms with Gasteiger partial charge in [-0.15, -0.1) is 11.3 Å². The summed E-state index contributed by atoms with van der Waals surface area (Å²) >= 11 is 1.82. The minimum Gasteiger partial charge on any atom is -0.399 e. The van der Waals surface area contributed by atoms with Crippen LogP contribution in [0.4, 0.5) is 5.69 Å². The molecule has 1 aromatic heterocycles. The number of aryl methyl sites for hydroxylation is 1. The smallest absolute Gasteiger partial charge is 0.0962 e. The topological polar surface area (TPSA) is 38.9 Å². The van der Waals surface area contributed by atoms with Crippen molar-refractivity contribution in [3.05, 3.63) is 35.0 Å². The molecule has 0 radical (unpaired) electrons. The van der Waals surface area contributed by atoms with Gasteiger partial charge in [-0.1, -0.05) is 40.2 Å². The molecule has 116 valence electrons. The molecule has 2 nitrogen and oxygen atoms in total. The van der Waals surface area contributed by atoms with Crippen molar-refractivity contribution in [3.63, 3.8) is 0 Å². The minimum atomic E-state index is 0.718. The monoisotopic (exact) mass is 304 g/mol. The van der Waals surface area contributed by atoms with E-state index in [-0.39, 0.29) is 0 Å². The summed E-state index contributed by atoms with van der Waals surface area (Å²) in [6.45, 7) is 10.1. The molecule has 0 bridgehead atoms. The molecule has 3 heteroatoms. The Hall–Kier alpha value is -1.35. The van der Waals surface area contributed by atoms with Gasteiger partial charge in [0.05, 0.1) is 9.88 Å². The first-order valence-electron chi connectivity index (χ1n) is 8.05. The van der Waals surface area contributed by atoms with E-state index >= 15 is 0 Å². The molecule has 2 N–H and O–H groups in total. The standard InChI is InChI=1S/C14H16N2S.2C2H6/c1-9-5-11(7-12(15)6-9)13-8-16-14(17-13)10-3-2-4-10;2*1-2/h5-8,10H,2-4,15H2,1H3;2*1-2H3. The highest BCUT2D eigenvalue weighted by molar-refractivity contribution is 7.15. The molecule has 0 amide bonds. The van der Waals surface area contributed by atoms with Crippen LogP contribution in [0.3, 0.4) is 0 Å². The molecule has 1 fully saturated rings. The van der Waals surface area contributed by atoms with Crippen LogP contribution in [0.1, 0.15) is 63.4 Å². The largest absolute Gasteiger partial charge is 0.399 e. The summed E-state index contributed by atoms with van der Waals surface area (Å²) in [7, 11) is 0. The Kier molecular flexibility index (Phi) is 7.44. The third-order valence-electron chi connectivity index (χ3n) is 3.36. The summed E-state index contributed by atoms with van der Waals surface area (Å²) in [6.07, 6.45) is 5.97. The van der Waals surface area contributed by atoms with Gasteiger partial charge in [0.25, 0.3) is 0 Å². The molecular weight excluding hydrogens is 276 g/mol. The van der Waals surface area contributed by atoms with Crippen molar-refractivity contribution in [3.8, 4) is 10.4 Å². The van der Waals surface area contributed by atoms with Gasteiger partial charge in [-0.3, -0.25) is 0 Å². The van der Waals surface area contributed by atoms with E-state index in [2.05, 4.69) is 18.0 Å². The molecule has 0 unspecified atom stereocenters. The van der Waals surface area contributed by atoms with E-state index < -0.39 is 0 Å². The van der Waals surface area contributed by atoms with E-state index in [9.17, 15) is 0 Å². The summed E-state index contributed by atoms with van der Waals surface area (Å²) in [4.78, 5) is 5.79. The highest BCUT2D eigenvalue weighted by atomic mass is 32.1. The number of thiazole rings is 1. The number of nitrogens with two attached hydrogens (primary N) is 1. The van der Waals surface area contributed by atoms with Crippen molar-refractivity contribution in [2.75, 3.05) is 5.73 Å². The minimum absolute atomic E-state index is 0.718. The van der Waals surface area contributed by atoms with Gasteiger partial charge in [0.15, 0.2) is 0 Å². The molecule has 1 saturated carbocycles. The molecule has 0 saturated heterocycles. The third-order valence-corrected chi connectivity index (χ3v) is 4.57. The van der Waals surface area contributed by atoms with Crippen LogP contribution >= 0.6 is 11.3 Å². The van der Waals surface area contributed by atoms with Crippen LogP contribution in [-0.2, 0) is 0 Å². The zero-order valence-corrected chi connectivity index (χ0v) is 14.8. The fourth-order valence-electron chi connectivity index (χ4n) is 2.22. The SMILES string of the molecule is CC.CC.Cc1cc(N)cc(-c2cnc(C3CCC3)s2)c1. The lowest BCUT2D eigenvalue weighted by Gasteiger charge is -2.22. The maximum absolute atomic E-state index is 5.88. The zero-order valence-electron chi connectivity index (χ0n) is 13.9. The van der Waals surface area contributed by atoms with E-state index in [1.54, 1.807) is 0 Å². The molecule has 1 heterocycles. The number of aromatic nitrogens is 1. The third kappa shape index (κ3) is 4.57. The van der Waals surface area contributed by atoms with E-state index in [0.29, 0.717) is 0 Å². The Bertz CT molecular complexity index is 522. The van der Waals surface area contributed by atoms with Crippen LogP contribution in [0.25, 0.3) is 10.4 Å². The molecule has 21 heavy (non-hydrogen) atoms. The Labute approximate surface area is 133 Å². The average molecular weight is 305 g/mol. The van der Waals surface area contributed by atoms with Crippen LogP contribution in [0.5, 0.6) is 0 Å². The van der Waals surface area contributed by atoms with Crippen LogP contribution in [0, 0.1) is 6.92 Å². The van der Waals surface area contributed by atoms with E-state index in [1.165, 1.54) is 40.3 Å². The molecule has 1 aliphatic carbocycles. The fourth-order valence-corrected chi connectivity index (χ4v) is 3.29. The summed E-state index contributed by atoms with van der Waals surface area (Å²) in [6, 6.07) is 6.21. The van der Waals surface area contributed by atoms with Crippen molar-refractivity contribution in [2.45, 2.75) is 59.8 Å². The van der Waals surface area contributed by atoms with Gasteiger partial charge in [0.2, 0.25) is 0 Å². The summed E-state index contributed by atoms with van der Waals surface area (Å²) in [5, 5.41) is 1.30. The number of anilines is 1. The van der Waals surface area contributed by atoms with Gasteiger partial charge < -0.3 is 5.73 Å². The Morgan fingerprint density at radius 1 is 1.10 bits per heavy atom. The van der Waals surface area contributed by atoms with Gasteiger partial charge in [0.1, 0.15) is 0 Å². The van der Waals surface area contributed by atoms with E-state index in [1.807, 2.05) is 57.4 Å². The van der Waals surface area contributed by atoms with E-state index in [0.717, 1.165) is 11.6 Å². The normalized spacial score (nSPS) is 13.4. The van der Waals surface area contributed by atoms with Gasteiger partial charge in [-0.05, 0) is 43.0 Å². The Morgan fingerprint density at radius 2 is 1.76 bits per heavy atom. The van der Waals surface area contributed by atoms with Gasteiger partial charge >= 0.3 is 0 Å². The van der Waals surface area contributed by atoms with Crippen molar-refractivity contribution < 1.29 is 0 Å². The lowest BCUT2D eigenvalue weighted by molar-refractivity contribution is 0.418. The first-order valence-corrected chi connectivity index (χ1v) is 8.87. The molecule has 3 rings (SSSR count). The Balaban J connectivity index is 0.000000510. The second kappa shape index (κ2) is 8.83. The summed E-state index contributed by atoms with van der Waals surface area (Å²) in [5.41, 5.74) is 9.12. The lowest BCUT2D eigenvalue weighted by Crippen LogP contribution is -2.07. The predicted octanol–water partition coefficient (Wildman–Crippen LogP) is 6.02. The van der Waals surface area contributed by atoms with Crippen LogP contribution in [0.15, 0.2) is 24.4 Å². The highest BCUT2D eigenvalue weighted by Crippen LogP contribution is 2.40. The van der Waals surface area contributed by atoms with Crippen molar-refractivity contribution in [1.82, 2.24) is 4.98 Å². The number of hydrogen-bond donors (Lipinski definition) is 1. The predicted molar refractivity (Wildman–Crippen MR) is 96.0 cm³/mol. The second-order valence-electron chi connectivity index (χ2n) is 4.82. The number of benzene rings is 1. The highest BCUT2D eigenvalue weighted by Gasteiger charge is 2.22.